The van der Waals surface area contributed by atoms with Crippen LogP contribution in [-0.2, 0) is 9.31 Å². The zero-order chi connectivity index (χ0) is 15.7. The van der Waals surface area contributed by atoms with Gasteiger partial charge in [0.05, 0.1) is 11.2 Å². The van der Waals surface area contributed by atoms with E-state index in [1.165, 1.54) is 12.4 Å². The van der Waals surface area contributed by atoms with Crippen LogP contribution in [-0.4, -0.2) is 41.9 Å². The number of hydrogen-bond donors (Lipinski definition) is 1. The van der Waals surface area contributed by atoms with Crippen LogP contribution in [0.25, 0.3) is 6.08 Å². The largest absolute Gasteiger partial charge is 0.491 e. The predicted molar refractivity (Wildman–Crippen MR) is 80.0 cm³/mol. The number of nitrogens with zero attached hydrogens (tertiary/aromatic N) is 2. The molecule has 2 rings (SSSR count). The number of likely N-dealkylation sites (N-methyl/N-ethyl adjacent to an activating group) is 1. The average Bonchev–Trinajstić information content (AvgIpc) is 2.60. The minimum atomic E-state index is -0.738. The number of hydrogen-bond acceptors (Lipinski definition) is 5. The van der Waals surface area contributed by atoms with E-state index in [1.807, 2.05) is 40.8 Å². The highest BCUT2D eigenvalue weighted by Gasteiger charge is 2.52. The molecule has 114 valence electrons. The van der Waals surface area contributed by atoms with Crippen molar-refractivity contribution in [1.82, 2.24) is 15.3 Å². The molecule has 1 aliphatic heterocycles. The molecule has 1 aromatic rings. The lowest BCUT2D eigenvalue weighted by atomic mass is 9.77. The molecule has 0 aliphatic carbocycles. The lowest BCUT2D eigenvalue weighted by Crippen LogP contribution is -2.41. The third kappa shape index (κ3) is 3.48. The van der Waals surface area contributed by atoms with Crippen LogP contribution in [0.3, 0.4) is 0 Å². The van der Waals surface area contributed by atoms with E-state index in [9.17, 15) is 4.39 Å². The Hall–Kier alpha value is -1.31. The second-order valence-corrected chi connectivity index (χ2v) is 6.12. The summed E-state index contributed by atoms with van der Waals surface area (Å²) in [5, 5.41) is 3.09. The summed E-state index contributed by atoms with van der Waals surface area (Å²) in [4.78, 5) is 7.10. The summed E-state index contributed by atoms with van der Waals surface area (Å²) in [6, 6.07) is 0. The molecule has 0 unspecified atom stereocenters. The van der Waals surface area contributed by atoms with Crippen LogP contribution in [0.2, 0.25) is 0 Å². The first-order chi connectivity index (χ1) is 9.75. The van der Waals surface area contributed by atoms with Crippen LogP contribution in [0.4, 0.5) is 4.39 Å². The second-order valence-electron chi connectivity index (χ2n) is 6.12. The number of nitrogens with one attached hydrogen (secondary N) is 1. The van der Waals surface area contributed by atoms with Crippen molar-refractivity contribution in [3.8, 4) is 0 Å². The molecular formula is C14H21BFN3O2. The van der Waals surface area contributed by atoms with Crippen LogP contribution < -0.4 is 5.32 Å². The van der Waals surface area contributed by atoms with Crippen LogP contribution >= 0.6 is 0 Å². The summed E-state index contributed by atoms with van der Waals surface area (Å²) in [5.74, 6) is 0. The molecule has 21 heavy (non-hydrogen) atoms. The van der Waals surface area contributed by atoms with Gasteiger partial charge in [-0.15, -0.1) is 0 Å². The molecule has 1 saturated heterocycles. The first-order valence-corrected chi connectivity index (χ1v) is 6.93. The molecule has 0 amide bonds. The molecular weight excluding hydrogens is 272 g/mol. The second kappa shape index (κ2) is 5.83. The van der Waals surface area contributed by atoms with Crippen molar-refractivity contribution in [1.29, 1.82) is 0 Å². The highest BCUT2D eigenvalue weighted by molar-refractivity contribution is 6.55. The highest BCUT2D eigenvalue weighted by Crippen LogP contribution is 2.38. The summed E-state index contributed by atoms with van der Waals surface area (Å²) < 4.78 is 24.8. The maximum atomic E-state index is 12.8. The standard InChI is InChI=1S/C14H21BFN3O2/c1-13(2)14(3,4)21-15(20-13)11(9-17-5)6-10-7-18-12(16)19-8-10/h6-8,17H,9H2,1-5H3. The van der Waals surface area contributed by atoms with E-state index >= 15 is 0 Å². The molecule has 0 bridgehead atoms. The molecule has 0 saturated carbocycles. The number of halogens is 1. The minimum absolute atomic E-state index is 0.399. The Morgan fingerprint density at radius 2 is 1.76 bits per heavy atom. The van der Waals surface area contributed by atoms with Gasteiger partial charge in [0, 0.05) is 24.5 Å². The fourth-order valence-electron chi connectivity index (χ4n) is 2.01. The first kappa shape index (κ1) is 16.1. The van der Waals surface area contributed by atoms with Crippen molar-refractivity contribution in [2.75, 3.05) is 13.6 Å². The van der Waals surface area contributed by atoms with Gasteiger partial charge in [-0.05, 0) is 40.2 Å². The smallest absolute Gasteiger partial charge is 0.400 e. The van der Waals surface area contributed by atoms with Crippen LogP contribution in [0.5, 0.6) is 0 Å². The molecule has 0 aromatic carbocycles. The normalized spacial score (nSPS) is 20.9. The van der Waals surface area contributed by atoms with Gasteiger partial charge in [0.1, 0.15) is 0 Å². The van der Waals surface area contributed by atoms with Gasteiger partial charge in [0.2, 0.25) is 0 Å². The molecule has 1 aliphatic rings. The van der Waals surface area contributed by atoms with Crippen molar-refractivity contribution in [2.45, 2.75) is 38.9 Å². The molecule has 1 fully saturated rings. The van der Waals surface area contributed by atoms with Crippen molar-refractivity contribution in [3.05, 3.63) is 29.5 Å². The monoisotopic (exact) mass is 293 g/mol. The van der Waals surface area contributed by atoms with Gasteiger partial charge in [-0.2, -0.15) is 4.39 Å². The van der Waals surface area contributed by atoms with Crippen LogP contribution in [0, 0.1) is 6.08 Å². The molecule has 1 N–H and O–H groups in total. The van der Waals surface area contributed by atoms with Crippen molar-refractivity contribution in [3.63, 3.8) is 0 Å². The molecule has 2 heterocycles. The Morgan fingerprint density at radius 1 is 1.24 bits per heavy atom. The highest BCUT2D eigenvalue weighted by atomic mass is 19.1. The fourth-order valence-corrected chi connectivity index (χ4v) is 2.01. The Balaban J connectivity index is 2.26. The van der Waals surface area contributed by atoms with E-state index in [0.29, 0.717) is 12.1 Å². The molecule has 7 heteroatoms. The molecule has 0 atom stereocenters. The van der Waals surface area contributed by atoms with E-state index in [1.54, 1.807) is 0 Å². The average molecular weight is 293 g/mol. The van der Waals surface area contributed by atoms with Crippen molar-refractivity contribution in [2.24, 2.45) is 0 Å². The summed E-state index contributed by atoms with van der Waals surface area (Å²) in [7, 11) is 1.40. The summed E-state index contributed by atoms with van der Waals surface area (Å²) in [6.45, 7) is 8.61. The van der Waals surface area contributed by atoms with E-state index in [-0.39, 0.29) is 0 Å². The molecule has 0 radical (unpaired) electrons. The third-order valence-electron chi connectivity index (χ3n) is 3.93. The van der Waals surface area contributed by atoms with Gasteiger partial charge in [0.25, 0.3) is 0 Å². The zero-order valence-electron chi connectivity index (χ0n) is 13.1. The fraction of sp³-hybridized carbons (Fsp3) is 0.571. The maximum absolute atomic E-state index is 12.8. The Labute approximate surface area is 125 Å². The quantitative estimate of drug-likeness (QED) is 0.678. The number of rotatable bonds is 4. The van der Waals surface area contributed by atoms with Gasteiger partial charge >= 0.3 is 13.2 Å². The van der Waals surface area contributed by atoms with E-state index in [0.717, 1.165) is 5.47 Å². The van der Waals surface area contributed by atoms with Gasteiger partial charge in [-0.1, -0.05) is 6.08 Å². The predicted octanol–water partition coefficient (Wildman–Crippen LogP) is 1.85. The summed E-state index contributed by atoms with van der Waals surface area (Å²) in [6.07, 6.45) is 3.99. The van der Waals surface area contributed by atoms with Crippen LogP contribution in [0.1, 0.15) is 33.3 Å². The summed E-state index contributed by atoms with van der Waals surface area (Å²) in [5.41, 5.74) is 0.816. The van der Waals surface area contributed by atoms with E-state index in [2.05, 4.69) is 15.3 Å². The first-order valence-electron chi connectivity index (χ1n) is 6.93. The number of aromatic nitrogens is 2. The van der Waals surface area contributed by atoms with Gasteiger partial charge in [-0.3, -0.25) is 0 Å². The topological polar surface area (TPSA) is 56.3 Å². The molecule has 1 aromatic heterocycles. The Morgan fingerprint density at radius 3 is 2.24 bits per heavy atom. The van der Waals surface area contributed by atoms with Crippen molar-refractivity contribution >= 4 is 13.2 Å². The lowest BCUT2D eigenvalue weighted by molar-refractivity contribution is 0.00578. The van der Waals surface area contributed by atoms with Gasteiger partial charge in [0.15, 0.2) is 0 Å². The Kier molecular flexibility index (Phi) is 4.46. The minimum Gasteiger partial charge on any atom is -0.400 e. The van der Waals surface area contributed by atoms with E-state index in [4.69, 9.17) is 9.31 Å². The maximum Gasteiger partial charge on any atom is 0.491 e. The third-order valence-corrected chi connectivity index (χ3v) is 3.93. The molecule has 5 nitrogen and oxygen atoms in total. The van der Waals surface area contributed by atoms with Gasteiger partial charge < -0.3 is 14.6 Å². The van der Waals surface area contributed by atoms with Crippen LogP contribution in [0.15, 0.2) is 17.9 Å². The molecule has 0 spiro atoms. The SMILES string of the molecule is CNCC(=Cc1cnc(F)nc1)B1OC(C)(C)C(C)(C)O1. The zero-order valence-corrected chi connectivity index (χ0v) is 13.1. The summed E-state index contributed by atoms with van der Waals surface area (Å²) >= 11 is 0. The lowest BCUT2D eigenvalue weighted by Gasteiger charge is -2.32. The Bertz CT molecular complexity index is 516. The van der Waals surface area contributed by atoms with Crippen molar-refractivity contribution < 1.29 is 13.7 Å². The van der Waals surface area contributed by atoms with E-state index < -0.39 is 24.4 Å². The van der Waals surface area contributed by atoms with Gasteiger partial charge in [-0.25, -0.2) is 9.97 Å².